The van der Waals surface area contributed by atoms with Crippen molar-refractivity contribution in [2.45, 2.75) is 23.9 Å². The SMILES string of the molecule is C[C@@H](NS(=O)(=O)c1ccccc1)[C@@H](c1cccs1)N1CCN(c2ccc(F)cc2)CC1. The summed E-state index contributed by atoms with van der Waals surface area (Å²) in [5.74, 6) is -0.236. The molecular formula is C23H26FN3O2S2. The molecule has 5 nitrogen and oxygen atoms in total. The molecule has 1 aromatic heterocycles. The second-order valence-corrected chi connectivity index (χ2v) is 10.4. The van der Waals surface area contributed by atoms with Gasteiger partial charge >= 0.3 is 0 Å². The number of nitrogens with one attached hydrogen (secondary N) is 1. The predicted octanol–water partition coefficient (Wildman–Crippen LogP) is 4.12. The Morgan fingerprint density at radius 1 is 0.935 bits per heavy atom. The van der Waals surface area contributed by atoms with Crippen molar-refractivity contribution in [1.29, 1.82) is 0 Å². The fourth-order valence-corrected chi connectivity index (χ4v) is 6.32. The summed E-state index contributed by atoms with van der Waals surface area (Å²) < 4.78 is 41.9. The zero-order chi connectivity index (χ0) is 21.8. The van der Waals surface area contributed by atoms with Crippen LogP contribution in [-0.2, 0) is 10.0 Å². The molecular weight excluding hydrogens is 433 g/mol. The molecule has 3 aromatic rings. The van der Waals surface area contributed by atoms with Crippen molar-refractivity contribution in [3.63, 3.8) is 0 Å². The first kappa shape index (κ1) is 22.0. The predicted molar refractivity (Wildman–Crippen MR) is 123 cm³/mol. The molecule has 0 amide bonds. The molecule has 2 heterocycles. The van der Waals surface area contributed by atoms with Crippen LogP contribution in [-0.4, -0.2) is 45.5 Å². The minimum atomic E-state index is -3.61. The highest BCUT2D eigenvalue weighted by Gasteiger charge is 2.32. The molecule has 2 aromatic carbocycles. The van der Waals surface area contributed by atoms with E-state index in [2.05, 4.69) is 20.6 Å². The molecule has 2 atom stereocenters. The van der Waals surface area contributed by atoms with E-state index in [1.807, 2.05) is 18.4 Å². The number of rotatable bonds is 7. The Balaban J connectivity index is 1.49. The molecule has 8 heteroatoms. The summed E-state index contributed by atoms with van der Waals surface area (Å²) in [4.78, 5) is 5.98. The van der Waals surface area contributed by atoms with Crippen LogP contribution in [0, 0.1) is 5.82 Å². The topological polar surface area (TPSA) is 52.7 Å². The molecule has 31 heavy (non-hydrogen) atoms. The Morgan fingerprint density at radius 2 is 1.61 bits per heavy atom. The molecule has 0 spiro atoms. The van der Waals surface area contributed by atoms with Crippen molar-refractivity contribution in [1.82, 2.24) is 9.62 Å². The van der Waals surface area contributed by atoms with E-state index >= 15 is 0 Å². The van der Waals surface area contributed by atoms with Gasteiger partial charge in [0, 0.05) is 42.8 Å². The molecule has 1 N–H and O–H groups in total. The molecule has 0 radical (unpaired) electrons. The van der Waals surface area contributed by atoms with E-state index in [-0.39, 0.29) is 22.8 Å². The van der Waals surface area contributed by atoms with Crippen LogP contribution in [0.5, 0.6) is 0 Å². The fraction of sp³-hybridized carbons (Fsp3) is 0.304. The molecule has 0 bridgehead atoms. The summed E-state index contributed by atoms with van der Waals surface area (Å²) in [5.41, 5.74) is 1.01. The Labute approximate surface area is 187 Å². The molecule has 0 aliphatic carbocycles. The van der Waals surface area contributed by atoms with E-state index in [1.54, 1.807) is 53.8 Å². The molecule has 1 saturated heterocycles. The van der Waals surface area contributed by atoms with E-state index < -0.39 is 10.0 Å². The highest BCUT2D eigenvalue weighted by Crippen LogP contribution is 2.31. The van der Waals surface area contributed by atoms with Crippen LogP contribution in [0.4, 0.5) is 10.1 Å². The first-order valence-corrected chi connectivity index (χ1v) is 12.7. The number of piperazine rings is 1. The van der Waals surface area contributed by atoms with Gasteiger partial charge in [-0.1, -0.05) is 24.3 Å². The maximum atomic E-state index is 13.2. The summed E-state index contributed by atoms with van der Waals surface area (Å²) in [6.45, 7) is 5.10. The number of thiophene rings is 1. The van der Waals surface area contributed by atoms with Crippen LogP contribution in [0.15, 0.2) is 77.0 Å². The van der Waals surface area contributed by atoms with Gasteiger partial charge in [0.05, 0.1) is 10.9 Å². The first-order chi connectivity index (χ1) is 14.9. The lowest BCUT2D eigenvalue weighted by Gasteiger charge is -2.42. The lowest BCUT2D eigenvalue weighted by molar-refractivity contribution is 0.164. The van der Waals surface area contributed by atoms with Crippen LogP contribution < -0.4 is 9.62 Å². The molecule has 164 valence electrons. The Kier molecular flexibility index (Phi) is 6.71. The van der Waals surface area contributed by atoms with Crippen LogP contribution in [0.1, 0.15) is 17.8 Å². The van der Waals surface area contributed by atoms with Gasteiger partial charge in [0.25, 0.3) is 0 Å². The number of nitrogens with zero attached hydrogens (tertiary/aromatic N) is 2. The minimum Gasteiger partial charge on any atom is -0.369 e. The lowest BCUT2D eigenvalue weighted by atomic mass is 10.1. The Hall–Kier alpha value is -2.26. The number of hydrogen-bond acceptors (Lipinski definition) is 5. The number of hydrogen-bond donors (Lipinski definition) is 1. The fourth-order valence-electron chi connectivity index (χ4n) is 4.09. The normalized spacial score (nSPS) is 17.4. The third-order valence-corrected chi connectivity index (χ3v) is 8.12. The third-order valence-electron chi connectivity index (χ3n) is 5.60. The minimum absolute atomic E-state index is 0.0612. The Morgan fingerprint density at radius 3 is 2.23 bits per heavy atom. The van der Waals surface area contributed by atoms with Crippen molar-refractivity contribution in [3.05, 3.63) is 82.8 Å². The monoisotopic (exact) mass is 459 g/mol. The van der Waals surface area contributed by atoms with Gasteiger partial charge in [-0.2, -0.15) is 0 Å². The average Bonchev–Trinajstić information content (AvgIpc) is 3.30. The maximum Gasteiger partial charge on any atom is 0.240 e. The highest BCUT2D eigenvalue weighted by molar-refractivity contribution is 7.89. The zero-order valence-electron chi connectivity index (χ0n) is 17.3. The van der Waals surface area contributed by atoms with Crippen LogP contribution in [0.3, 0.4) is 0 Å². The van der Waals surface area contributed by atoms with E-state index in [4.69, 9.17) is 0 Å². The van der Waals surface area contributed by atoms with Crippen molar-refractivity contribution in [2.24, 2.45) is 0 Å². The highest BCUT2D eigenvalue weighted by atomic mass is 32.2. The van der Waals surface area contributed by atoms with Gasteiger partial charge in [0.1, 0.15) is 5.82 Å². The van der Waals surface area contributed by atoms with E-state index in [1.165, 1.54) is 12.1 Å². The van der Waals surface area contributed by atoms with Gasteiger partial charge in [-0.3, -0.25) is 4.90 Å². The summed E-state index contributed by atoms with van der Waals surface area (Å²) in [6, 6.07) is 18.7. The molecule has 4 rings (SSSR count). The third kappa shape index (κ3) is 5.15. The summed E-state index contributed by atoms with van der Waals surface area (Å²) in [7, 11) is -3.61. The van der Waals surface area contributed by atoms with Gasteiger partial charge in [0.15, 0.2) is 0 Å². The van der Waals surface area contributed by atoms with Gasteiger partial charge in [-0.15, -0.1) is 11.3 Å². The van der Waals surface area contributed by atoms with Crippen LogP contribution in [0.25, 0.3) is 0 Å². The van der Waals surface area contributed by atoms with E-state index in [9.17, 15) is 12.8 Å². The summed E-state index contributed by atoms with van der Waals surface area (Å²) in [5, 5.41) is 2.02. The largest absolute Gasteiger partial charge is 0.369 e. The van der Waals surface area contributed by atoms with E-state index in [0.29, 0.717) is 0 Å². The molecule has 1 aliphatic rings. The van der Waals surface area contributed by atoms with Gasteiger partial charge in [0.2, 0.25) is 10.0 Å². The smallest absolute Gasteiger partial charge is 0.240 e. The molecule has 1 fully saturated rings. The quantitative estimate of drug-likeness (QED) is 0.578. The molecule has 1 aliphatic heterocycles. The second kappa shape index (κ2) is 9.48. The standard InChI is InChI=1S/C23H26FN3O2S2/c1-18(25-31(28,29)21-6-3-2-4-7-21)23(22-8-5-17-30-22)27-15-13-26(14-16-27)20-11-9-19(24)10-12-20/h2-12,17-18,23,25H,13-16H2,1H3/t18-,23+/m1/s1. The van der Waals surface area contributed by atoms with Gasteiger partial charge in [-0.05, 0) is 54.8 Å². The van der Waals surface area contributed by atoms with Crippen molar-refractivity contribution >= 4 is 27.0 Å². The molecule has 0 unspecified atom stereocenters. The second-order valence-electron chi connectivity index (χ2n) is 7.68. The van der Waals surface area contributed by atoms with Gasteiger partial charge < -0.3 is 4.90 Å². The number of sulfonamides is 1. The van der Waals surface area contributed by atoms with Crippen LogP contribution >= 0.6 is 11.3 Å². The summed E-state index contributed by atoms with van der Waals surface area (Å²) >= 11 is 1.64. The number of halogens is 1. The first-order valence-electron chi connectivity index (χ1n) is 10.3. The maximum absolute atomic E-state index is 13.2. The van der Waals surface area contributed by atoms with Crippen molar-refractivity contribution < 1.29 is 12.8 Å². The molecule has 0 saturated carbocycles. The zero-order valence-corrected chi connectivity index (χ0v) is 18.9. The number of anilines is 1. The number of benzene rings is 2. The Bertz CT molecular complexity index is 1070. The van der Waals surface area contributed by atoms with Crippen molar-refractivity contribution in [3.8, 4) is 0 Å². The summed E-state index contributed by atoms with van der Waals surface area (Å²) in [6.07, 6.45) is 0. The van der Waals surface area contributed by atoms with Crippen molar-refractivity contribution in [2.75, 3.05) is 31.1 Å². The van der Waals surface area contributed by atoms with Gasteiger partial charge in [-0.25, -0.2) is 17.5 Å². The lowest BCUT2D eigenvalue weighted by Crippen LogP contribution is -2.52. The van der Waals surface area contributed by atoms with E-state index in [0.717, 1.165) is 36.7 Å². The van der Waals surface area contributed by atoms with Crippen LogP contribution in [0.2, 0.25) is 0 Å². The average molecular weight is 460 g/mol.